The molecule has 1 aromatic heterocycles. The Morgan fingerprint density at radius 2 is 2.00 bits per heavy atom. The molecule has 0 bridgehead atoms. The van der Waals surface area contributed by atoms with Crippen LogP contribution in [0.25, 0.3) is 5.69 Å². The molecule has 6 nitrogen and oxygen atoms in total. The van der Waals surface area contributed by atoms with Gasteiger partial charge in [-0.1, -0.05) is 24.3 Å². The van der Waals surface area contributed by atoms with Crippen LogP contribution in [-0.2, 0) is 6.54 Å². The second-order valence-corrected chi connectivity index (χ2v) is 5.28. The summed E-state index contributed by atoms with van der Waals surface area (Å²) in [4.78, 5) is 10.3. The summed E-state index contributed by atoms with van der Waals surface area (Å²) < 4.78 is 15.4. The number of nitro groups is 1. The van der Waals surface area contributed by atoms with Crippen LogP contribution in [0.2, 0.25) is 0 Å². The highest BCUT2D eigenvalue weighted by Gasteiger charge is 2.19. The highest BCUT2D eigenvalue weighted by Crippen LogP contribution is 2.28. The molecule has 3 aromatic rings. The average Bonchev–Trinajstić information content (AvgIpc) is 2.99. The summed E-state index contributed by atoms with van der Waals surface area (Å²) in [6, 6.07) is 13.5. The van der Waals surface area contributed by atoms with Crippen LogP contribution in [0.4, 0.5) is 15.8 Å². The molecule has 0 radical (unpaired) electrons. The van der Waals surface area contributed by atoms with E-state index in [0.717, 1.165) is 23.0 Å². The van der Waals surface area contributed by atoms with Crippen LogP contribution in [-0.4, -0.2) is 14.7 Å². The Labute approximate surface area is 137 Å². The third kappa shape index (κ3) is 3.10. The lowest BCUT2D eigenvalue weighted by Crippen LogP contribution is -2.07. The Morgan fingerprint density at radius 1 is 1.21 bits per heavy atom. The van der Waals surface area contributed by atoms with Gasteiger partial charge in [0.05, 0.1) is 16.3 Å². The molecule has 0 aliphatic carbocycles. The highest BCUT2D eigenvalue weighted by molar-refractivity contribution is 5.62. The zero-order valence-corrected chi connectivity index (χ0v) is 12.9. The van der Waals surface area contributed by atoms with Crippen LogP contribution in [0.15, 0.2) is 54.7 Å². The quantitative estimate of drug-likeness (QED) is 0.571. The largest absolute Gasteiger partial charge is 0.375 e. The normalized spacial score (nSPS) is 10.6. The fourth-order valence-electron chi connectivity index (χ4n) is 2.47. The minimum atomic E-state index is -0.860. The second-order valence-electron chi connectivity index (χ2n) is 5.28. The molecule has 122 valence electrons. The van der Waals surface area contributed by atoms with Crippen molar-refractivity contribution in [2.24, 2.45) is 0 Å². The first-order valence-electron chi connectivity index (χ1n) is 7.33. The summed E-state index contributed by atoms with van der Waals surface area (Å²) in [5.74, 6) is -0.860. The number of nitrogens with one attached hydrogen (secondary N) is 1. The Balaban J connectivity index is 1.89. The summed E-state index contributed by atoms with van der Waals surface area (Å²) >= 11 is 0. The fraction of sp³-hybridized carbons (Fsp3) is 0.118. The third-order valence-electron chi connectivity index (χ3n) is 3.60. The molecule has 0 spiro atoms. The van der Waals surface area contributed by atoms with Crippen LogP contribution in [0.1, 0.15) is 11.3 Å². The fourth-order valence-corrected chi connectivity index (χ4v) is 2.47. The Bertz CT molecular complexity index is 892. The number of nitrogens with zero attached hydrogens (tertiary/aromatic N) is 3. The first kappa shape index (κ1) is 15.7. The molecule has 1 heterocycles. The molecule has 0 fully saturated rings. The molecule has 0 saturated heterocycles. The van der Waals surface area contributed by atoms with Gasteiger partial charge in [0, 0.05) is 12.7 Å². The minimum Gasteiger partial charge on any atom is -0.375 e. The second kappa shape index (κ2) is 6.49. The molecular weight excluding hydrogens is 311 g/mol. The maximum atomic E-state index is 13.7. The smallest absolute Gasteiger partial charge is 0.327 e. The highest BCUT2D eigenvalue weighted by atomic mass is 19.1. The number of halogens is 1. The van der Waals surface area contributed by atoms with E-state index in [1.165, 1.54) is 12.1 Å². The number of aromatic nitrogens is 2. The molecule has 3 rings (SSSR count). The van der Waals surface area contributed by atoms with Crippen LogP contribution in [0.3, 0.4) is 0 Å². The van der Waals surface area contributed by atoms with Crippen molar-refractivity contribution in [1.82, 2.24) is 9.78 Å². The molecular formula is C17H15FN4O2. The van der Waals surface area contributed by atoms with Gasteiger partial charge in [-0.2, -0.15) is 9.49 Å². The molecule has 24 heavy (non-hydrogen) atoms. The van der Waals surface area contributed by atoms with E-state index in [4.69, 9.17) is 0 Å². The summed E-state index contributed by atoms with van der Waals surface area (Å²) in [5.41, 5.74) is 2.23. The molecule has 0 aliphatic heterocycles. The topological polar surface area (TPSA) is 73.0 Å². The number of rotatable bonds is 5. The van der Waals surface area contributed by atoms with Gasteiger partial charge in [0.2, 0.25) is 5.82 Å². The standard InChI is InChI=1S/C17H15FN4O2/c1-12-9-10-21(20-12)16-8-3-2-5-13(16)11-19-15-7-4-6-14(18)17(15)22(23)24/h2-10,19H,11H2,1H3. The first-order chi connectivity index (χ1) is 11.6. The minimum absolute atomic E-state index is 0.145. The number of aryl methyl sites for hydroxylation is 1. The van der Waals surface area contributed by atoms with Gasteiger partial charge in [-0.3, -0.25) is 10.1 Å². The van der Waals surface area contributed by atoms with Crippen molar-refractivity contribution in [2.75, 3.05) is 5.32 Å². The molecule has 2 aromatic carbocycles. The molecule has 0 saturated carbocycles. The monoisotopic (exact) mass is 326 g/mol. The van der Waals surface area contributed by atoms with Gasteiger partial charge < -0.3 is 5.32 Å². The van der Waals surface area contributed by atoms with Crippen molar-refractivity contribution in [1.29, 1.82) is 0 Å². The van der Waals surface area contributed by atoms with E-state index in [9.17, 15) is 14.5 Å². The number of para-hydroxylation sites is 2. The zero-order valence-electron chi connectivity index (χ0n) is 12.9. The SMILES string of the molecule is Cc1ccn(-c2ccccc2CNc2cccc(F)c2[N+](=O)[O-])n1. The summed E-state index contributed by atoms with van der Waals surface area (Å²) in [6.07, 6.45) is 1.85. The van der Waals surface area contributed by atoms with E-state index in [-0.39, 0.29) is 5.69 Å². The van der Waals surface area contributed by atoms with Crippen LogP contribution in [0.5, 0.6) is 0 Å². The van der Waals surface area contributed by atoms with Crippen molar-refractivity contribution in [2.45, 2.75) is 13.5 Å². The molecule has 0 aliphatic rings. The van der Waals surface area contributed by atoms with Gasteiger partial charge in [0.1, 0.15) is 5.69 Å². The van der Waals surface area contributed by atoms with Crippen LogP contribution >= 0.6 is 0 Å². The molecule has 0 amide bonds. The zero-order chi connectivity index (χ0) is 17.1. The molecule has 0 unspecified atom stereocenters. The number of anilines is 1. The lowest BCUT2D eigenvalue weighted by Gasteiger charge is -2.12. The van der Waals surface area contributed by atoms with Gasteiger partial charge in [-0.25, -0.2) is 4.68 Å². The van der Waals surface area contributed by atoms with Crippen LogP contribution < -0.4 is 5.32 Å². The van der Waals surface area contributed by atoms with E-state index in [1.54, 1.807) is 4.68 Å². The Kier molecular flexibility index (Phi) is 4.24. The summed E-state index contributed by atoms with van der Waals surface area (Å²) in [5, 5.41) is 18.4. The van der Waals surface area contributed by atoms with E-state index < -0.39 is 16.4 Å². The first-order valence-corrected chi connectivity index (χ1v) is 7.33. The van der Waals surface area contributed by atoms with Crippen molar-refractivity contribution >= 4 is 11.4 Å². The maximum absolute atomic E-state index is 13.7. The van der Waals surface area contributed by atoms with Gasteiger partial charge in [0.15, 0.2) is 0 Å². The van der Waals surface area contributed by atoms with Crippen molar-refractivity contribution in [3.8, 4) is 5.69 Å². The summed E-state index contributed by atoms with van der Waals surface area (Å²) in [7, 11) is 0. The van der Waals surface area contributed by atoms with Gasteiger partial charge >= 0.3 is 5.69 Å². The number of benzene rings is 2. The van der Waals surface area contributed by atoms with Gasteiger partial charge in [0.25, 0.3) is 0 Å². The van der Waals surface area contributed by atoms with Crippen molar-refractivity contribution in [3.63, 3.8) is 0 Å². The van der Waals surface area contributed by atoms with E-state index in [2.05, 4.69) is 10.4 Å². The average molecular weight is 326 g/mol. The Morgan fingerprint density at radius 3 is 2.71 bits per heavy atom. The molecule has 0 atom stereocenters. The number of hydrogen-bond acceptors (Lipinski definition) is 4. The van der Waals surface area contributed by atoms with Gasteiger partial charge in [-0.05, 0) is 36.8 Å². The maximum Gasteiger partial charge on any atom is 0.327 e. The predicted molar refractivity (Wildman–Crippen MR) is 88.7 cm³/mol. The Hall–Kier alpha value is -3.22. The van der Waals surface area contributed by atoms with Gasteiger partial charge in [-0.15, -0.1) is 0 Å². The van der Waals surface area contributed by atoms with E-state index in [0.29, 0.717) is 6.54 Å². The number of hydrogen-bond donors (Lipinski definition) is 1. The lowest BCUT2D eigenvalue weighted by atomic mass is 10.1. The molecule has 7 heteroatoms. The number of nitro benzene ring substituents is 1. The van der Waals surface area contributed by atoms with E-state index in [1.807, 2.05) is 43.5 Å². The van der Waals surface area contributed by atoms with E-state index >= 15 is 0 Å². The lowest BCUT2D eigenvalue weighted by molar-refractivity contribution is -0.386. The van der Waals surface area contributed by atoms with Crippen molar-refractivity contribution < 1.29 is 9.31 Å². The predicted octanol–water partition coefficient (Wildman–Crippen LogP) is 3.84. The van der Waals surface area contributed by atoms with Crippen LogP contribution in [0, 0.1) is 22.9 Å². The summed E-state index contributed by atoms with van der Waals surface area (Å²) in [6.45, 7) is 2.20. The molecule has 1 N–H and O–H groups in total. The third-order valence-corrected chi connectivity index (χ3v) is 3.60. The van der Waals surface area contributed by atoms with Crippen molar-refractivity contribution in [3.05, 3.63) is 81.9 Å².